The number of nitrogens with zero attached hydrogens (tertiary/aromatic N) is 1. The third-order valence-corrected chi connectivity index (χ3v) is 6.76. The molecule has 1 unspecified atom stereocenters. The summed E-state index contributed by atoms with van der Waals surface area (Å²) in [5.41, 5.74) is 1.79. The van der Waals surface area contributed by atoms with Crippen molar-refractivity contribution in [2.75, 3.05) is 13.1 Å². The smallest absolute Gasteiger partial charge is 0.416 e. The molecule has 1 heterocycles. The van der Waals surface area contributed by atoms with Gasteiger partial charge in [-0.3, -0.25) is 4.90 Å². The normalized spacial score (nSPS) is 15.4. The number of ether oxygens (including phenoxy) is 2. The first-order chi connectivity index (χ1) is 18.8. The Kier molecular flexibility index (Phi) is 7.95. The van der Waals surface area contributed by atoms with Crippen LogP contribution in [-0.2, 0) is 10.9 Å². The maximum Gasteiger partial charge on any atom is 0.416 e. The number of halogens is 5. The molecule has 0 N–H and O–H groups in total. The van der Waals surface area contributed by atoms with E-state index < -0.39 is 24.5 Å². The van der Waals surface area contributed by atoms with Crippen molar-refractivity contribution >= 4 is 0 Å². The van der Waals surface area contributed by atoms with Gasteiger partial charge in [-0.1, -0.05) is 91.0 Å². The highest BCUT2D eigenvalue weighted by Gasteiger charge is 2.39. The van der Waals surface area contributed by atoms with E-state index in [9.17, 15) is 22.0 Å². The SMILES string of the molecule is FC(F)Oc1ccc(C(OC2CN(C(c3ccccc3)c3ccccc3)C2)c2ccccc2C(F)(F)F)cc1. The largest absolute Gasteiger partial charge is 0.435 e. The molecule has 202 valence electrons. The van der Waals surface area contributed by atoms with E-state index in [-0.39, 0.29) is 23.5 Å². The Morgan fingerprint density at radius 1 is 0.667 bits per heavy atom. The van der Waals surface area contributed by atoms with Gasteiger partial charge in [0, 0.05) is 13.1 Å². The van der Waals surface area contributed by atoms with Gasteiger partial charge in [0.2, 0.25) is 0 Å². The average Bonchev–Trinajstić information content (AvgIpc) is 2.91. The van der Waals surface area contributed by atoms with Gasteiger partial charge in [-0.15, -0.1) is 0 Å². The number of alkyl halides is 5. The average molecular weight is 540 g/mol. The lowest BCUT2D eigenvalue weighted by Crippen LogP contribution is -2.54. The van der Waals surface area contributed by atoms with E-state index in [2.05, 4.69) is 33.9 Å². The number of rotatable bonds is 9. The fourth-order valence-electron chi connectivity index (χ4n) is 4.98. The molecule has 0 aromatic heterocycles. The first-order valence-corrected chi connectivity index (χ1v) is 12.5. The van der Waals surface area contributed by atoms with Crippen molar-refractivity contribution in [3.8, 4) is 5.75 Å². The highest BCUT2D eigenvalue weighted by molar-refractivity contribution is 5.40. The lowest BCUT2D eigenvalue weighted by Gasteiger charge is -2.45. The molecule has 1 atom stereocenters. The van der Waals surface area contributed by atoms with Crippen LogP contribution in [-0.4, -0.2) is 30.7 Å². The van der Waals surface area contributed by atoms with Crippen molar-refractivity contribution in [1.29, 1.82) is 0 Å². The zero-order valence-corrected chi connectivity index (χ0v) is 20.8. The Hall–Kier alpha value is -3.75. The van der Waals surface area contributed by atoms with Gasteiger partial charge in [0.05, 0.1) is 17.7 Å². The molecule has 8 heteroatoms. The van der Waals surface area contributed by atoms with Gasteiger partial charge in [0.25, 0.3) is 0 Å². The molecule has 1 aliphatic heterocycles. The van der Waals surface area contributed by atoms with Crippen LogP contribution in [0.2, 0.25) is 0 Å². The minimum atomic E-state index is -4.59. The fourth-order valence-corrected chi connectivity index (χ4v) is 4.98. The van der Waals surface area contributed by atoms with Crippen molar-refractivity contribution in [2.45, 2.75) is 31.0 Å². The quantitative estimate of drug-likeness (QED) is 0.202. The summed E-state index contributed by atoms with van der Waals surface area (Å²) in [4.78, 5) is 2.22. The molecular weight excluding hydrogens is 513 g/mol. The Balaban J connectivity index is 1.41. The summed E-state index contributed by atoms with van der Waals surface area (Å²) in [5, 5.41) is 0. The standard InChI is InChI=1S/C31H26F5NO2/c32-30(33)39-24-17-15-23(16-18-24)29(26-13-7-8-14-27(26)31(34,35)36)38-25-19-37(20-25)28(21-9-3-1-4-10-21)22-11-5-2-6-12-22/h1-18,25,28-30H,19-20H2. The van der Waals surface area contributed by atoms with Crippen molar-refractivity contribution in [1.82, 2.24) is 4.90 Å². The van der Waals surface area contributed by atoms with Crippen LogP contribution in [0.4, 0.5) is 22.0 Å². The molecule has 0 spiro atoms. The maximum atomic E-state index is 13.9. The van der Waals surface area contributed by atoms with Gasteiger partial charge >= 0.3 is 12.8 Å². The third kappa shape index (κ3) is 6.29. The van der Waals surface area contributed by atoms with Gasteiger partial charge in [0.15, 0.2) is 0 Å². The molecule has 0 bridgehead atoms. The lowest BCUT2D eigenvalue weighted by molar-refractivity contribution is -0.141. The van der Waals surface area contributed by atoms with Crippen molar-refractivity contribution in [3.05, 3.63) is 137 Å². The van der Waals surface area contributed by atoms with Gasteiger partial charge in [-0.25, -0.2) is 0 Å². The number of benzene rings is 4. The van der Waals surface area contributed by atoms with E-state index in [0.717, 1.165) is 17.2 Å². The van der Waals surface area contributed by atoms with Gasteiger partial charge < -0.3 is 9.47 Å². The molecule has 1 aliphatic rings. The minimum absolute atomic E-state index is 0.0288. The Bertz CT molecular complexity index is 1300. The lowest BCUT2D eigenvalue weighted by atomic mass is 9.93. The zero-order valence-electron chi connectivity index (χ0n) is 20.8. The summed E-state index contributed by atoms with van der Waals surface area (Å²) in [6, 6.07) is 30.8. The topological polar surface area (TPSA) is 21.7 Å². The monoisotopic (exact) mass is 539 g/mol. The summed E-state index contributed by atoms with van der Waals surface area (Å²) in [5.74, 6) is -0.0833. The second-order valence-corrected chi connectivity index (χ2v) is 9.35. The van der Waals surface area contributed by atoms with Crippen LogP contribution in [0.1, 0.15) is 40.0 Å². The molecule has 3 nitrogen and oxygen atoms in total. The Morgan fingerprint density at radius 3 is 1.74 bits per heavy atom. The van der Waals surface area contributed by atoms with Crippen LogP contribution < -0.4 is 4.74 Å². The van der Waals surface area contributed by atoms with Crippen molar-refractivity contribution in [2.24, 2.45) is 0 Å². The first kappa shape index (κ1) is 26.8. The number of hydrogen-bond donors (Lipinski definition) is 0. The third-order valence-electron chi connectivity index (χ3n) is 6.76. The molecule has 4 aromatic rings. The Morgan fingerprint density at radius 2 is 1.21 bits per heavy atom. The molecule has 1 saturated heterocycles. The second-order valence-electron chi connectivity index (χ2n) is 9.35. The molecule has 0 amide bonds. The summed E-state index contributed by atoms with van der Waals surface area (Å²) in [6.07, 6.45) is -5.99. The van der Waals surface area contributed by atoms with E-state index in [1.54, 1.807) is 0 Å². The van der Waals surface area contributed by atoms with E-state index >= 15 is 0 Å². The highest BCUT2D eigenvalue weighted by atomic mass is 19.4. The van der Waals surface area contributed by atoms with Gasteiger partial charge in [0.1, 0.15) is 11.9 Å². The molecule has 39 heavy (non-hydrogen) atoms. The van der Waals surface area contributed by atoms with Crippen LogP contribution in [0.5, 0.6) is 5.75 Å². The molecule has 0 aliphatic carbocycles. The summed E-state index contributed by atoms with van der Waals surface area (Å²) in [7, 11) is 0. The van der Waals surface area contributed by atoms with E-state index in [1.807, 2.05) is 36.4 Å². The predicted octanol–water partition coefficient (Wildman–Crippen LogP) is 7.89. The first-order valence-electron chi connectivity index (χ1n) is 12.5. The van der Waals surface area contributed by atoms with Crippen LogP contribution >= 0.6 is 0 Å². The van der Waals surface area contributed by atoms with Gasteiger partial charge in [-0.2, -0.15) is 22.0 Å². The Labute approximate surface area is 223 Å². The second kappa shape index (κ2) is 11.6. The highest BCUT2D eigenvalue weighted by Crippen LogP contribution is 2.41. The predicted molar refractivity (Wildman–Crippen MR) is 138 cm³/mol. The van der Waals surface area contributed by atoms with E-state index in [0.29, 0.717) is 18.7 Å². The fraction of sp³-hybridized carbons (Fsp3) is 0.226. The molecule has 5 rings (SSSR count). The van der Waals surface area contributed by atoms with Crippen LogP contribution in [0.3, 0.4) is 0 Å². The zero-order chi connectivity index (χ0) is 27.4. The minimum Gasteiger partial charge on any atom is -0.435 e. The molecule has 0 radical (unpaired) electrons. The van der Waals surface area contributed by atoms with Crippen LogP contribution in [0.15, 0.2) is 109 Å². The maximum absolute atomic E-state index is 13.9. The van der Waals surface area contributed by atoms with E-state index in [4.69, 9.17) is 4.74 Å². The summed E-state index contributed by atoms with van der Waals surface area (Å²) in [6.45, 7) is -1.99. The summed E-state index contributed by atoms with van der Waals surface area (Å²) >= 11 is 0. The van der Waals surface area contributed by atoms with Crippen molar-refractivity contribution < 1.29 is 31.4 Å². The summed E-state index contributed by atoms with van der Waals surface area (Å²) < 4.78 is 77.8. The van der Waals surface area contributed by atoms with Crippen LogP contribution in [0.25, 0.3) is 0 Å². The number of hydrogen-bond acceptors (Lipinski definition) is 3. The number of likely N-dealkylation sites (tertiary alicyclic amines) is 1. The molecular formula is C31H26F5NO2. The molecule has 4 aromatic carbocycles. The van der Waals surface area contributed by atoms with Gasteiger partial charge in [-0.05, 0) is 40.5 Å². The molecule has 0 saturated carbocycles. The van der Waals surface area contributed by atoms with Crippen LogP contribution in [0, 0.1) is 0 Å². The van der Waals surface area contributed by atoms with E-state index in [1.165, 1.54) is 42.5 Å². The van der Waals surface area contributed by atoms with Crippen molar-refractivity contribution in [3.63, 3.8) is 0 Å². The molecule has 1 fully saturated rings.